The van der Waals surface area contributed by atoms with E-state index in [0.29, 0.717) is 11.5 Å². The Kier molecular flexibility index (Phi) is 3.38. The second-order valence-corrected chi connectivity index (χ2v) is 5.74. The lowest BCUT2D eigenvalue weighted by molar-refractivity contribution is -0.132. The van der Waals surface area contributed by atoms with Gasteiger partial charge in [-0.15, -0.1) is 0 Å². The van der Waals surface area contributed by atoms with Gasteiger partial charge in [0.05, 0.1) is 4.99 Å². The van der Waals surface area contributed by atoms with Crippen LogP contribution in [0.3, 0.4) is 0 Å². The SMILES string of the molecule is CC(CN(C)C(=O)C1CC1(C)C)C(N)=S. The van der Waals surface area contributed by atoms with Gasteiger partial charge in [-0.2, -0.15) is 0 Å². The summed E-state index contributed by atoms with van der Waals surface area (Å²) < 4.78 is 0. The molecule has 0 saturated heterocycles. The summed E-state index contributed by atoms with van der Waals surface area (Å²) in [5.74, 6) is 0.514. The number of carbonyl (C=O) groups is 1. The molecule has 2 unspecified atom stereocenters. The summed E-state index contributed by atoms with van der Waals surface area (Å²) in [6.07, 6.45) is 0.998. The zero-order chi connectivity index (χ0) is 11.8. The minimum absolute atomic E-state index is 0.0933. The molecule has 0 radical (unpaired) electrons. The molecule has 1 aliphatic rings. The molecule has 4 heteroatoms. The Hall–Kier alpha value is -0.640. The zero-order valence-corrected chi connectivity index (χ0v) is 10.7. The summed E-state index contributed by atoms with van der Waals surface area (Å²) >= 11 is 4.89. The normalized spacial score (nSPS) is 24.4. The molecule has 1 saturated carbocycles. The van der Waals surface area contributed by atoms with Crippen molar-refractivity contribution in [2.75, 3.05) is 13.6 Å². The van der Waals surface area contributed by atoms with Gasteiger partial charge in [-0.05, 0) is 11.8 Å². The summed E-state index contributed by atoms with van der Waals surface area (Å²) in [4.78, 5) is 14.2. The largest absolute Gasteiger partial charge is 0.393 e. The number of carbonyl (C=O) groups excluding carboxylic acids is 1. The molecule has 15 heavy (non-hydrogen) atoms. The molecule has 1 aliphatic carbocycles. The Morgan fingerprint density at radius 3 is 2.47 bits per heavy atom. The van der Waals surface area contributed by atoms with Crippen LogP contribution in [0.25, 0.3) is 0 Å². The van der Waals surface area contributed by atoms with Gasteiger partial charge in [0.25, 0.3) is 0 Å². The molecule has 0 spiro atoms. The van der Waals surface area contributed by atoms with Crippen LogP contribution in [0.2, 0.25) is 0 Å². The molecule has 1 amide bonds. The van der Waals surface area contributed by atoms with E-state index in [0.717, 1.165) is 6.42 Å². The Balaban J connectivity index is 2.45. The third-order valence-electron chi connectivity index (χ3n) is 3.22. The van der Waals surface area contributed by atoms with Crippen LogP contribution in [0.1, 0.15) is 27.2 Å². The number of amides is 1. The predicted octanol–water partition coefficient (Wildman–Crippen LogP) is 1.41. The molecule has 1 rings (SSSR count). The van der Waals surface area contributed by atoms with E-state index in [1.165, 1.54) is 0 Å². The molecule has 1 fully saturated rings. The highest BCUT2D eigenvalue weighted by molar-refractivity contribution is 7.80. The molecule has 0 aromatic heterocycles. The van der Waals surface area contributed by atoms with Gasteiger partial charge < -0.3 is 10.6 Å². The van der Waals surface area contributed by atoms with Crippen LogP contribution >= 0.6 is 12.2 Å². The predicted molar refractivity (Wildman–Crippen MR) is 65.5 cm³/mol. The number of hydrogen-bond donors (Lipinski definition) is 1. The van der Waals surface area contributed by atoms with Crippen molar-refractivity contribution in [3.8, 4) is 0 Å². The zero-order valence-electron chi connectivity index (χ0n) is 9.91. The van der Waals surface area contributed by atoms with E-state index < -0.39 is 0 Å². The third kappa shape index (κ3) is 2.91. The maximum Gasteiger partial charge on any atom is 0.226 e. The average Bonchev–Trinajstić information content (AvgIpc) is 2.73. The van der Waals surface area contributed by atoms with Crippen molar-refractivity contribution in [2.45, 2.75) is 27.2 Å². The highest BCUT2D eigenvalue weighted by atomic mass is 32.1. The standard InChI is InChI=1S/C11H20N2OS/c1-7(9(12)15)6-13(4)10(14)8-5-11(8,2)3/h7-8H,5-6H2,1-4H3,(H2,12,15). The maximum absolute atomic E-state index is 11.9. The van der Waals surface area contributed by atoms with E-state index in [9.17, 15) is 4.79 Å². The van der Waals surface area contributed by atoms with E-state index in [1.54, 1.807) is 4.90 Å². The van der Waals surface area contributed by atoms with Gasteiger partial charge in [0.2, 0.25) is 5.91 Å². The van der Waals surface area contributed by atoms with Gasteiger partial charge in [0.15, 0.2) is 0 Å². The van der Waals surface area contributed by atoms with E-state index in [4.69, 9.17) is 18.0 Å². The first-order chi connectivity index (χ1) is 6.75. The van der Waals surface area contributed by atoms with E-state index in [1.807, 2.05) is 14.0 Å². The topological polar surface area (TPSA) is 46.3 Å². The summed E-state index contributed by atoms with van der Waals surface area (Å²) in [6.45, 7) is 6.83. The molecule has 3 nitrogen and oxygen atoms in total. The van der Waals surface area contributed by atoms with Crippen LogP contribution in [-0.4, -0.2) is 29.4 Å². The first-order valence-corrected chi connectivity index (χ1v) is 5.71. The van der Waals surface area contributed by atoms with Crippen LogP contribution < -0.4 is 5.73 Å². The molecule has 86 valence electrons. The number of thiocarbonyl (C=S) groups is 1. The smallest absolute Gasteiger partial charge is 0.226 e. The summed E-state index contributed by atoms with van der Waals surface area (Å²) in [5.41, 5.74) is 5.72. The fraction of sp³-hybridized carbons (Fsp3) is 0.818. The number of nitrogens with two attached hydrogens (primary N) is 1. The van der Waals surface area contributed by atoms with Crippen molar-refractivity contribution >= 4 is 23.1 Å². The second kappa shape index (κ2) is 4.08. The first kappa shape index (κ1) is 12.4. The Bertz CT molecular complexity index is 288. The van der Waals surface area contributed by atoms with Gasteiger partial charge >= 0.3 is 0 Å². The fourth-order valence-corrected chi connectivity index (χ4v) is 1.82. The summed E-state index contributed by atoms with van der Waals surface area (Å²) in [5, 5.41) is 0. The van der Waals surface area contributed by atoms with E-state index in [-0.39, 0.29) is 23.2 Å². The fourth-order valence-electron chi connectivity index (χ4n) is 1.75. The Morgan fingerprint density at radius 2 is 2.13 bits per heavy atom. The van der Waals surface area contributed by atoms with Crippen molar-refractivity contribution in [1.82, 2.24) is 4.90 Å². The molecule has 0 heterocycles. The second-order valence-electron chi connectivity index (χ2n) is 5.27. The van der Waals surface area contributed by atoms with Gasteiger partial charge in [0, 0.05) is 25.4 Å². The Morgan fingerprint density at radius 1 is 1.67 bits per heavy atom. The summed E-state index contributed by atoms with van der Waals surface area (Å²) in [7, 11) is 1.82. The molecular formula is C11H20N2OS. The maximum atomic E-state index is 11.9. The lowest BCUT2D eigenvalue weighted by Crippen LogP contribution is -2.36. The van der Waals surface area contributed by atoms with Crippen LogP contribution in [-0.2, 0) is 4.79 Å². The molecule has 2 atom stereocenters. The quantitative estimate of drug-likeness (QED) is 0.740. The molecular weight excluding hydrogens is 208 g/mol. The number of nitrogens with zero attached hydrogens (tertiary/aromatic N) is 1. The number of hydrogen-bond acceptors (Lipinski definition) is 2. The lowest BCUT2D eigenvalue weighted by Gasteiger charge is -2.21. The van der Waals surface area contributed by atoms with E-state index in [2.05, 4.69) is 13.8 Å². The van der Waals surface area contributed by atoms with Gasteiger partial charge in [-0.25, -0.2) is 0 Å². The highest BCUT2D eigenvalue weighted by Crippen LogP contribution is 2.52. The molecule has 2 N–H and O–H groups in total. The van der Waals surface area contributed by atoms with E-state index >= 15 is 0 Å². The van der Waals surface area contributed by atoms with Crippen LogP contribution in [0, 0.1) is 17.3 Å². The lowest BCUT2D eigenvalue weighted by atomic mass is 10.1. The van der Waals surface area contributed by atoms with Crippen molar-refractivity contribution < 1.29 is 4.79 Å². The van der Waals surface area contributed by atoms with Crippen LogP contribution in [0.5, 0.6) is 0 Å². The molecule has 0 bridgehead atoms. The van der Waals surface area contributed by atoms with Gasteiger partial charge in [0.1, 0.15) is 0 Å². The van der Waals surface area contributed by atoms with Crippen LogP contribution in [0.15, 0.2) is 0 Å². The minimum atomic E-state index is 0.0933. The van der Waals surface area contributed by atoms with Crippen molar-refractivity contribution in [2.24, 2.45) is 23.0 Å². The molecule has 0 aromatic rings. The third-order valence-corrected chi connectivity index (χ3v) is 3.62. The first-order valence-electron chi connectivity index (χ1n) is 5.30. The van der Waals surface area contributed by atoms with Crippen molar-refractivity contribution in [1.29, 1.82) is 0 Å². The molecule has 0 aliphatic heterocycles. The van der Waals surface area contributed by atoms with Gasteiger partial charge in [-0.1, -0.05) is 33.0 Å². The number of rotatable bonds is 4. The van der Waals surface area contributed by atoms with Gasteiger partial charge in [-0.3, -0.25) is 4.79 Å². The monoisotopic (exact) mass is 228 g/mol. The summed E-state index contributed by atoms with van der Waals surface area (Å²) in [6, 6.07) is 0. The van der Waals surface area contributed by atoms with Crippen molar-refractivity contribution in [3.63, 3.8) is 0 Å². The average molecular weight is 228 g/mol. The minimum Gasteiger partial charge on any atom is -0.393 e. The molecule has 0 aromatic carbocycles. The van der Waals surface area contributed by atoms with Crippen LogP contribution in [0.4, 0.5) is 0 Å². The highest BCUT2D eigenvalue weighted by Gasteiger charge is 2.51. The van der Waals surface area contributed by atoms with Crippen molar-refractivity contribution in [3.05, 3.63) is 0 Å². The Labute approximate surface area is 97.0 Å².